The number of aromatic nitrogens is 2. The van der Waals surface area contributed by atoms with Gasteiger partial charge in [0.1, 0.15) is 12.4 Å². The maximum absolute atomic E-state index is 13.5. The summed E-state index contributed by atoms with van der Waals surface area (Å²) in [6.45, 7) is 3.67. The van der Waals surface area contributed by atoms with Gasteiger partial charge >= 0.3 is 0 Å². The van der Waals surface area contributed by atoms with Crippen molar-refractivity contribution in [1.82, 2.24) is 14.9 Å². The number of para-hydroxylation sites is 1. The number of carbonyl (C=O) groups excluding carboxylic acids is 1. The van der Waals surface area contributed by atoms with Crippen LogP contribution >= 0.6 is 15.9 Å². The number of hydrogen-bond donors (Lipinski definition) is 1. The molecule has 0 aliphatic carbocycles. The molecule has 9 heteroatoms. The summed E-state index contributed by atoms with van der Waals surface area (Å²) in [7, 11) is -3.98. The lowest BCUT2D eigenvalue weighted by Gasteiger charge is -2.24. The Morgan fingerprint density at radius 2 is 1.77 bits per heavy atom. The second-order valence-corrected chi connectivity index (χ2v) is 10.8. The molecule has 0 aliphatic rings. The molecule has 1 heterocycles. The van der Waals surface area contributed by atoms with Gasteiger partial charge in [-0.25, -0.2) is 13.4 Å². The van der Waals surface area contributed by atoms with Crippen LogP contribution in [0.2, 0.25) is 0 Å². The molecule has 7 nitrogen and oxygen atoms in total. The number of benzene rings is 3. The fraction of sp³-hybridized carbons (Fsp3) is 0.154. The Morgan fingerprint density at radius 1 is 1.03 bits per heavy atom. The molecule has 35 heavy (non-hydrogen) atoms. The van der Waals surface area contributed by atoms with E-state index >= 15 is 0 Å². The fourth-order valence-corrected chi connectivity index (χ4v) is 5.49. The van der Waals surface area contributed by atoms with E-state index in [1.54, 1.807) is 54.7 Å². The van der Waals surface area contributed by atoms with Crippen LogP contribution in [0.5, 0.6) is 0 Å². The first-order valence-corrected chi connectivity index (χ1v) is 13.2. The minimum atomic E-state index is -3.98. The van der Waals surface area contributed by atoms with Gasteiger partial charge in [-0.3, -0.25) is 9.10 Å². The minimum absolute atomic E-state index is 0.122. The molecule has 0 fully saturated rings. The van der Waals surface area contributed by atoms with Crippen molar-refractivity contribution in [1.29, 1.82) is 0 Å². The lowest BCUT2D eigenvalue weighted by Crippen LogP contribution is -2.40. The Hall–Kier alpha value is -3.43. The average Bonchev–Trinajstić information content (AvgIpc) is 3.27. The molecule has 4 aromatic rings. The van der Waals surface area contributed by atoms with Crippen molar-refractivity contribution in [3.63, 3.8) is 0 Å². The molecule has 1 N–H and O–H groups in total. The maximum Gasteiger partial charge on any atom is 0.264 e. The van der Waals surface area contributed by atoms with Gasteiger partial charge < -0.3 is 9.88 Å². The molecule has 0 unspecified atom stereocenters. The normalized spacial score (nSPS) is 11.3. The van der Waals surface area contributed by atoms with Gasteiger partial charge in [-0.1, -0.05) is 57.9 Å². The quantitative estimate of drug-likeness (QED) is 0.341. The van der Waals surface area contributed by atoms with Gasteiger partial charge in [0.25, 0.3) is 10.0 Å². The Morgan fingerprint density at radius 3 is 2.46 bits per heavy atom. The zero-order chi connectivity index (χ0) is 25.0. The summed E-state index contributed by atoms with van der Waals surface area (Å²) in [5.41, 5.74) is 3.13. The van der Waals surface area contributed by atoms with Crippen LogP contribution in [0.1, 0.15) is 17.0 Å². The Labute approximate surface area is 213 Å². The summed E-state index contributed by atoms with van der Waals surface area (Å²) in [6.07, 6.45) is 3.58. The molecule has 1 amide bonds. The van der Waals surface area contributed by atoms with Gasteiger partial charge in [0.15, 0.2) is 0 Å². The number of sulfonamides is 1. The number of hydrogen-bond acceptors (Lipinski definition) is 4. The van der Waals surface area contributed by atoms with Crippen molar-refractivity contribution in [2.24, 2.45) is 0 Å². The van der Waals surface area contributed by atoms with E-state index in [0.29, 0.717) is 10.2 Å². The predicted molar refractivity (Wildman–Crippen MR) is 140 cm³/mol. The van der Waals surface area contributed by atoms with Crippen LogP contribution in [0.15, 0.2) is 94.6 Å². The Kier molecular flexibility index (Phi) is 7.37. The van der Waals surface area contributed by atoms with Crippen molar-refractivity contribution < 1.29 is 13.2 Å². The number of nitrogens with zero attached hydrogens (tertiary/aromatic N) is 3. The van der Waals surface area contributed by atoms with Crippen LogP contribution in [-0.4, -0.2) is 30.4 Å². The van der Waals surface area contributed by atoms with Crippen LogP contribution < -0.4 is 9.62 Å². The molecule has 0 spiro atoms. The smallest absolute Gasteiger partial charge is 0.264 e. The molecular weight excluding hydrogens is 528 g/mol. The van der Waals surface area contributed by atoms with Gasteiger partial charge in [-0.2, -0.15) is 0 Å². The van der Waals surface area contributed by atoms with E-state index in [2.05, 4.69) is 26.2 Å². The number of nitrogens with one attached hydrogen (secondary N) is 1. The summed E-state index contributed by atoms with van der Waals surface area (Å²) >= 11 is 3.39. The van der Waals surface area contributed by atoms with Crippen molar-refractivity contribution in [2.45, 2.75) is 25.3 Å². The van der Waals surface area contributed by atoms with Crippen molar-refractivity contribution in [3.05, 3.63) is 107 Å². The van der Waals surface area contributed by atoms with Crippen LogP contribution in [-0.2, 0) is 21.4 Å². The lowest BCUT2D eigenvalue weighted by molar-refractivity contribution is -0.119. The van der Waals surface area contributed by atoms with Crippen LogP contribution in [0.25, 0.3) is 5.69 Å². The number of amides is 1. The van der Waals surface area contributed by atoms with Crippen molar-refractivity contribution in [2.75, 3.05) is 10.8 Å². The highest BCUT2D eigenvalue weighted by Crippen LogP contribution is 2.26. The second kappa shape index (κ2) is 10.5. The average molecular weight is 553 g/mol. The highest BCUT2D eigenvalue weighted by Gasteiger charge is 2.27. The van der Waals surface area contributed by atoms with Crippen LogP contribution in [0.4, 0.5) is 5.69 Å². The van der Waals surface area contributed by atoms with E-state index in [0.717, 1.165) is 26.9 Å². The number of rotatable bonds is 8. The molecule has 0 atom stereocenters. The molecule has 3 aromatic carbocycles. The molecule has 180 valence electrons. The molecule has 1 aromatic heterocycles. The maximum atomic E-state index is 13.5. The van der Waals surface area contributed by atoms with Gasteiger partial charge in [0.05, 0.1) is 16.3 Å². The molecule has 4 rings (SSSR count). The molecule has 0 bridgehead atoms. The monoisotopic (exact) mass is 552 g/mol. The largest absolute Gasteiger partial charge is 0.350 e. The van der Waals surface area contributed by atoms with E-state index in [4.69, 9.17) is 0 Å². The number of carbonyl (C=O) groups is 1. The fourth-order valence-electron chi connectivity index (χ4n) is 3.69. The van der Waals surface area contributed by atoms with E-state index in [9.17, 15) is 13.2 Å². The minimum Gasteiger partial charge on any atom is -0.350 e. The number of imidazole rings is 1. The highest BCUT2D eigenvalue weighted by atomic mass is 79.9. The third kappa shape index (κ3) is 5.63. The van der Waals surface area contributed by atoms with E-state index in [1.807, 2.05) is 48.9 Å². The predicted octanol–water partition coefficient (Wildman–Crippen LogP) is 4.76. The van der Waals surface area contributed by atoms with Gasteiger partial charge in [-0.05, 0) is 55.8 Å². The van der Waals surface area contributed by atoms with E-state index in [-0.39, 0.29) is 18.0 Å². The summed E-state index contributed by atoms with van der Waals surface area (Å²) in [4.78, 5) is 17.4. The van der Waals surface area contributed by atoms with E-state index < -0.39 is 15.9 Å². The van der Waals surface area contributed by atoms with Gasteiger partial charge in [0, 0.05) is 23.4 Å². The third-order valence-corrected chi connectivity index (χ3v) is 7.83. The zero-order valence-electron chi connectivity index (χ0n) is 19.3. The second-order valence-electron chi connectivity index (χ2n) is 8.05. The third-order valence-electron chi connectivity index (χ3n) is 5.55. The first-order valence-electron chi connectivity index (χ1n) is 11.0. The van der Waals surface area contributed by atoms with Crippen molar-refractivity contribution in [3.8, 4) is 5.69 Å². The standard InChI is InChI=1S/C26H25BrN4O3S/c1-19-10-12-24(13-11-19)35(33,34)31(23-8-5-7-22(27)16-23)18-26(32)29-17-21-6-3-4-9-25(21)30-15-14-28-20(30)2/h3-16H,17-18H2,1-2H3,(H,29,32). The SMILES string of the molecule is Cc1ccc(S(=O)(=O)N(CC(=O)NCc2ccccc2-n2ccnc2C)c2cccc(Br)c2)cc1. The summed E-state index contributed by atoms with van der Waals surface area (Å²) < 4.78 is 30.8. The topological polar surface area (TPSA) is 84.3 Å². The lowest BCUT2D eigenvalue weighted by atomic mass is 10.1. The molecule has 0 radical (unpaired) electrons. The van der Waals surface area contributed by atoms with Gasteiger partial charge in [0.2, 0.25) is 5.91 Å². The first-order chi connectivity index (χ1) is 16.8. The van der Waals surface area contributed by atoms with Crippen LogP contribution in [0, 0.1) is 13.8 Å². The molecule has 0 saturated heterocycles. The summed E-state index contributed by atoms with van der Waals surface area (Å²) in [5, 5.41) is 2.88. The van der Waals surface area contributed by atoms with Gasteiger partial charge in [-0.15, -0.1) is 0 Å². The summed E-state index contributed by atoms with van der Waals surface area (Å²) in [6, 6.07) is 21.1. The number of anilines is 1. The van der Waals surface area contributed by atoms with Crippen LogP contribution in [0.3, 0.4) is 0 Å². The number of halogens is 1. The number of aryl methyl sites for hydroxylation is 2. The first kappa shape index (κ1) is 24.7. The molecule has 0 aliphatic heterocycles. The molecule has 0 saturated carbocycles. The van der Waals surface area contributed by atoms with E-state index in [1.165, 1.54) is 0 Å². The van der Waals surface area contributed by atoms with Crippen molar-refractivity contribution >= 4 is 37.5 Å². The zero-order valence-corrected chi connectivity index (χ0v) is 21.8. The Balaban J connectivity index is 1.58. The summed E-state index contributed by atoms with van der Waals surface area (Å²) in [5.74, 6) is 0.409. The Bertz CT molecular complexity index is 1450. The molecular formula is C26H25BrN4O3S. The highest BCUT2D eigenvalue weighted by molar-refractivity contribution is 9.10.